The van der Waals surface area contributed by atoms with Crippen LogP contribution in [0.3, 0.4) is 0 Å². The first-order chi connectivity index (χ1) is 8.52. The van der Waals surface area contributed by atoms with Gasteiger partial charge >= 0.3 is 0 Å². The summed E-state index contributed by atoms with van der Waals surface area (Å²) in [6, 6.07) is 6.41. The largest absolute Gasteiger partial charge is 0.358 e. The number of hydrogen-bond donors (Lipinski definition) is 3. The fourth-order valence-corrected chi connectivity index (χ4v) is 1.43. The Labute approximate surface area is 111 Å². The van der Waals surface area contributed by atoms with Crippen molar-refractivity contribution in [1.82, 2.24) is 10.6 Å². The van der Waals surface area contributed by atoms with Crippen LogP contribution in [0.15, 0.2) is 24.3 Å². The zero-order valence-corrected chi connectivity index (χ0v) is 11.0. The van der Waals surface area contributed by atoms with Crippen molar-refractivity contribution in [2.45, 2.75) is 13.0 Å². The van der Waals surface area contributed by atoms with Crippen LogP contribution in [-0.4, -0.2) is 31.4 Å². The van der Waals surface area contributed by atoms with Gasteiger partial charge in [-0.05, 0) is 25.1 Å². The van der Waals surface area contributed by atoms with Gasteiger partial charge in [0.1, 0.15) is 0 Å². The van der Waals surface area contributed by atoms with E-state index in [0.29, 0.717) is 10.7 Å². The Hall–Kier alpha value is -1.59. The van der Waals surface area contributed by atoms with Crippen molar-refractivity contribution < 1.29 is 9.59 Å². The van der Waals surface area contributed by atoms with Gasteiger partial charge in [-0.2, -0.15) is 0 Å². The minimum absolute atomic E-state index is 0.0978. The van der Waals surface area contributed by atoms with Crippen LogP contribution in [0, 0.1) is 0 Å². The number of hydrogen-bond acceptors (Lipinski definition) is 3. The van der Waals surface area contributed by atoms with Crippen molar-refractivity contribution in [2.24, 2.45) is 0 Å². The molecule has 1 aromatic carbocycles. The van der Waals surface area contributed by atoms with Crippen LogP contribution in [0.5, 0.6) is 0 Å². The molecule has 0 bridgehead atoms. The molecular weight excluding hydrogens is 254 g/mol. The van der Waals surface area contributed by atoms with E-state index in [1.807, 2.05) is 0 Å². The predicted octanol–water partition coefficient (Wildman–Crippen LogP) is 1.00. The Morgan fingerprint density at radius 1 is 1.39 bits per heavy atom. The second kappa shape index (κ2) is 6.98. The summed E-state index contributed by atoms with van der Waals surface area (Å²) in [5, 5.41) is 8.54. The van der Waals surface area contributed by atoms with E-state index < -0.39 is 6.04 Å². The molecule has 0 saturated carbocycles. The highest BCUT2D eigenvalue weighted by Crippen LogP contribution is 2.14. The van der Waals surface area contributed by atoms with E-state index >= 15 is 0 Å². The topological polar surface area (TPSA) is 70.2 Å². The highest BCUT2D eigenvalue weighted by atomic mass is 35.5. The number of anilines is 1. The molecule has 0 aliphatic carbocycles. The van der Waals surface area contributed by atoms with Crippen LogP contribution in [0.2, 0.25) is 5.02 Å². The van der Waals surface area contributed by atoms with Gasteiger partial charge in [0, 0.05) is 17.8 Å². The Kier molecular flexibility index (Phi) is 5.61. The van der Waals surface area contributed by atoms with Gasteiger partial charge in [0.2, 0.25) is 11.8 Å². The Morgan fingerprint density at radius 2 is 2.11 bits per heavy atom. The monoisotopic (exact) mass is 269 g/mol. The number of benzene rings is 1. The Morgan fingerprint density at radius 3 is 2.72 bits per heavy atom. The van der Waals surface area contributed by atoms with Gasteiger partial charge in [-0.25, -0.2) is 0 Å². The van der Waals surface area contributed by atoms with Gasteiger partial charge in [-0.3, -0.25) is 14.9 Å². The number of amides is 2. The number of likely N-dealkylation sites (N-methyl/N-ethyl adjacent to an activating group) is 1. The minimum atomic E-state index is -0.471. The molecule has 1 atom stereocenters. The number of carbonyl (C=O) groups is 2. The molecule has 3 N–H and O–H groups in total. The second-order valence-electron chi connectivity index (χ2n) is 3.78. The van der Waals surface area contributed by atoms with Crippen molar-refractivity contribution in [3.8, 4) is 0 Å². The first kappa shape index (κ1) is 14.5. The maximum Gasteiger partial charge on any atom is 0.241 e. The molecule has 0 unspecified atom stereocenters. The standard InChI is InChI=1S/C12H16ClN3O2/c1-8(15-7-11(17)14-2)12(18)16-10-5-3-4-9(13)6-10/h3-6,8,15H,7H2,1-2H3,(H,14,17)(H,16,18)/t8-/m1/s1. The van der Waals surface area contributed by atoms with E-state index in [2.05, 4.69) is 16.0 Å². The molecule has 0 saturated heterocycles. The van der Waals surface area contributed by atoms with E-state index in [1.165, 1.54) is 0 Å². The summed E-state index contributed by atoms with van der Waals surface area (Å²) < 4.78 is 0. The SMILES string of the molecule is CNC(=O)CN[C@H](C)C(=O)Nc1cccc(Cl)c1. The zero-order chi connectivity index (χ0) is 13.5. The van der Waals surface area contributed by atoms with Crippen molar-refractivity contribution in [3.05, 3.63) is 29.3 Å². The number of nitrogens with one attached hydrogen (secondary N) is 3. The maximum absolute atomic E-state index is 11.8. The van der Waals surface area contributed by atoms with Crippen LogP contribution >= 0.6 is 11.6 Å². The molecule has 98 valence electrons. The summed E-state index contributed by atoms with van der Waals surface area (Å²) in [5.74, 6) is -0.390. The van der Waals surface area contributed by atoms with E-state index in [0.717, 1.165) is 0 Å². The van der Waals surface area contributed by atoms with E-state index in [1.54, 1.807) is 38.2 Å². The lowest BCUT2D eigenvalue weighted by atomic mass is 10.2. The fourth-order valence-electron chi connectivity index (χ4n) is 1.24. The van der Waals surface area contributed by atoms with E-state index in [9.17, 15) is 9.59 Å². The minimum Gasteiger partial charge on any atom is -0.358 e. The molecular formula is C12H16ClN3O2. The van der Waals surface area contributed by atoms with E-state index in [4.69, 9.17) is 11.6 Å². The third kappa shape index (κ3) is 4.73. The fraction of sp³-hybridized carbons (Fsp3) is 0.333. The molecule has 5 nitrogen and oxygen atoms in total. The maximum atomic E-state index is 11.8. The second-order valence-corrected chi connectivity index (χ2v) is 4.21. The summed E-state index contributed by atoms with van der Waals surface area (Å²) in [6.45, 7) is 1.78. The average Bonchev–Trinajstić information content (AvgIpc) is 2.35. The van der Waals surface area contributed by atoms with Gasteiger partial charge in [0.25, 0.3) is 0 Å². The normalized spacial score (nSPS) is 11.7. The van der Waals surface area contributed by atoms with Crippen LogP contribution in [-0.2, 0) is 9.59 Å². The van der Waals surface area contributed by atoms with E-state index in [-0.39, 0.29) is 18.4 Å². The predicted molar refractivity (Wildman–Crippen MR) is 71.6 cm³/mol. The summed E-state index contributed by atoms with van der Waals surface area (Å²) >= 11 is 5.81. The highest BCUT2D eigenvalue weighted by molar-refractivity contribution is 6.30. The van der Waals surface area contributed by atoms with Crippen molar-refractivity contribution in [1.29, 1.82) is 0 Å². The van der Waals surface area contributed by atoms with Crippen molar-refractivity contribution in [3.63, 3.8) is 0 Å². The summed E-state index contributed by atoms with van der Waals surface area (Å²) in [5.41, 5.74) is 0.626. The molecule has 0 heterocycles. The molecule has 1 rings (SSSR count). The summed E-state index contributed by atoms with van der Waals surface area (Å²) in [6.07, 6.45) is 0. The molecule has 1 aromatic rings. The quantitative estimate of drug-likeness (QED) is 0.747. The molecule has 18 heavy (non-hydrogen) atoms. The molecule has 0 aliphatic rings. The first-order valence-electron chi connectivity index (χ1n) is 5.53. The number of halogens is 1. The molecule has 0 fully saturated rings. The van der Waals surface area contributed by atoms with Gasteiger partial charge < -0.3 is 10.6 Å². The van der Waals surface area contributed by atoms with Crippen molar-refractivity contribution in [2.75, 3.05) is 18.9 Å². The third-order valence-electron chi connectivity index (χ3n) is 2.33. The van der Waals surface area contributed by atoms with Gasteiger partial charge in [0.15, 0.2) is 0 Å². The number of rotatable bonds is 5. The lowest BCUT2D eigenvalue weighted by Gasteiger charge is -2.13. The molecule has 0 aromatic heterocycles. The molecule has 0 aliphatic heterocycles. The molecule has 2 amide bonds. The van der Waals surface area contributed by atoms with Crippen LogP contribution in [0.4, 0.5) is 5.69 Å². The number of carbonyl (C=O) groups excluding carboxylic acids is 2. The smallest absolute Gasteiger partial charge is 0.241 e. The third-order valence-corrected chi connectivity index (χ3v) is 2.57. The van der Waals surface area contributed by atoms with Crippen LogP contribution in [0.25, 0.3) is 0 Å². The van der Waals surface area contributed by atoms with Crippen LogP contribution < -0.4 is 16.0 Å². The lowest BCUT2D eigenvalue weighted by Crippen LogP contribution is -2.42. The summed E-state index contributed by atoms with van der Waals surface area (Å²) in [7, 11) is 1.54. The first-order valence-corrected chi connectivity index (χ1v) is 5.91. The summed E-state index contributed by atoms with van der Waals surface area (Å²) in [4.78, 5) is 22.8. The zero-order valence-electron chi connectivity index (χ0n) is 10.3. The van der Waals surface area contributed by atoms with Gasteiger partial charge in [-0.1, -0.05) is 17.7 Å². The van der Waals surface area contributed by atoms with Gasteiger partial charge in [-0.15, -0.1) is 0 Å². The van der Waals surface area contributed by atoms with Crippen LogP contribution in [0.1, 0.15) is 6.92 Å². The van der Waals surface area contributed by atoms with Crippen molar-refractivity contribution >= 4 is 29.1 Å². The average molecular weight is 270 g/mol. The van der Waals surface area contributed by atoms with Gasteiger partial charge in [0.05, 0.1) is 12.6 Å². The Balaban J connectivity index is 2.47. The molecule has 0 spiro atoms. The Bertz CT molecular complexity index is 437. The molecule has 6 heteroatoms. The lowest BCUT2D eigenvalue weighted by molar-refractivity contribution is -0.120. The molecule has 0 radical (unpaired) electrons. The highest BCUT2D eigenvalue weighted by Gasteiger charge is 2.13.